The van der Waals surface area contributed by atoms with Crippen LogP contribution in [0.3, 0.4) is 0 Å². The molecule has 0 saturated heterocycles. The number of aliphatic hydroxyl groups excluding tert-OH is 1. The average Bonchev–Trinajstić information content (AvgIpc) is 3.35. The molecule has 1 aromatic carbocycles. The molecule has 77 heavy (non-hydrogen) atoms. The number of nitrogens with two attached hydrogens (primary N) is 4. The van der Waals surface area contributed by atoms with E-state index in [0.717, 1.165) is 19.3 Å². The Morgan fingerprint density at radius 2 is 0.818 bits per heavy atom. The minimum absolute atomic E-state index is 0.0566. The number of nitrogens with one attached hydrogen (secondary N) is 9. The van der Waals surface area contributed by atoms with Gasteiger partial charge in [0.2, 0.25) is 59.1 Å². The Hall–Kier alpha value is -6.24. The molecule has 0 aliphatic rings. The molecule has 0 spiro atoms. The zero-order chi connectivity index (χ0) is 58.4. The third kappa shape index (κ3) is 26.1. The van der Waals surface area contributed by atoms with Crippen molar-refractivity contribution < 1.29 is 53.1 Å². The third-order valence-corrected chi connectivity index (χ3v) is 12.5. The molecule has 0 radical (unpaired) electrons. The highest BCUT2D eigenvalue weighted by atomic mass is 16.3. The number of rotatable bonds is 38. The maximum atomic E-state index is 14.4. The molecule has 0 aliphatic carbocycles. The fourth-order valence-corrected chi connectivity index (χ4v) is 8.15. The second-order valence-corrected chi connectivity index (χ2v) is 21.0. The number of carbonyl (C=O) groups excluding carboxylic acids is 10. The van der Waals surface area contributed by atoms with Gasteiger partial charge >= 0.3 is 0 Å². The minimum Gasteiger partial charge on any atom is -0.394 e. The van der Waals surface area contributed by atoms with Crippen molar-refractivity contribution in [2.45, 2.75) is 187 Å². The lowest BCUT2D eigenvalue weighted by molar-refractivity contribution is -0.136. The lowest BCUT2D eigenvalue weighted by Crippen LogP contribution is -2.62. The number of aliphatic hydroxyl groups is 1. The van der Waals surface area contributed by atoms with Crippen LogP contribution in [-0.2, 0) is 54.4 Å². The third-order valence-electron chi connectivity index (χ3n) is 12.5. The molecule has 0 aromatic heterocycles. The monoisotopic (exact) mass is 1090 g/mol. The molecule has 10 amide bonds. The van der Waals surface area contributed by atoms with Gasteiger partial charge in [-0.15, -0.1) is 0 Å². The Labute approximate surface area is 454 Å². The van der Waals surface area contributed by atoms with Crippen LogP contribution >= 0.6 is 0 Å². The van der Waals surface area contributed by atoms with E-state index in [1.807, 2.05) is 13.8 Å². The summed E-state index contributed by atoms with van der Waals surface area (Å²) >= 11 is 0. The largest absolute Gasteiger partial charge is 0.394 e. The molecular weight excluding hydrogens is 995 g/mol. The highest BCUT2D eigenvalue weighted by Gasteiger charge is 2.36. The number of primary amides is 1. The lowest BCUT2D eigenvalue weighted by atomic mass is 9.98. The highest BCUT2D eigenvalue weighted by Crippen LogP contribution is 2.13. The summed E-state index contributed by atoms with van der Waals surface area (Å²) in [6.45, 7) is 15.2. The SMILES string of the molecule is CCCCCCC(=O)N[C@@H](CCN)C(=O)N[C@H](C(=O)N[C@@H](CCN)C(=O)N[C@H](Cc1ccccc1)C(=O)N[C@@H](CC(C)C)C(=O)N[C@@H](CCN)C(=O)N[C@@H](C(=O)N[C@@H](CC(C)C)C(=O)N[C@@H](CO)C(N)=O)C(C)C)C(C)C. The average molecular weight is 1090 g/mol. The molecule has 0 saturated carbocycles. The zero-order valence-corrected chi connectivity index (χ0v) is 46.8. The Balaban J connectivity index is 3.44. The minimum atomic E-state index is -1.40. The topological polar surface area (TPSA) is 403 Å². The number of carbonyl (C=O) groups is 10. The second-order valence-electron chi connectivity index (χ2n) is 21.0. The number of hydrogen-bond acceptors (Lipinski definition) is 14. The molecule has 1 rings (SSSR count). The van der Waals surface area contributed by atoms with Gasteiger partial charge in [0.1, 0.15) is 54.4 Å². The smallest absolute Gasteiger partial charge is 0.243 e. The van der Waals surface area contributed by atoms with E-state index in [1.54, 1.807) is 71.9 Å². The summed E-state index contributed by atoms with van der Waals surface area (Å²) in [4.78, 5) is 136. The van der Waals surface area contributed by atoms with Crippen molar-refractivity contribution in [3.05, 3.63) is 35.9 Å². The van der Waals surface area contributed by atoms with Crippen molar-refractivity contribution in [1.29, 1.82) is 0 Å². The van der Waals surface area contributed by atoms with E-state index in [-0.39, 0.29) is 82.3 Å². The quantitative estimate of drug-likeness (QED) is 0.0335. The predicted octanol–water partition coefficient (Wildman–Crippen LogP) is -1.51. The van der Waals surface area contributed by atoms with Crippen molar-refractivity contribution in [3.8, 4) is 0 Å². The molecule has 24 heteroatoms. The Bertz CT molecular complexity index is 2040. The van der Waals surface area contributed by atoms with Crippen LogP contribution in [0.4, 0.5) is 0 Å². The van der Waals surface area contributed by atoms with E-state index < -0.39 is 126 Å². The molecule has 0 heterocycles. The summed E-state index contributed by atoms with van der Waals surface area (Å²) in [5.41, 5.74) is 23.6. The summed E-state index contributed by atoms with van der Waals surface area (Å²) in [7, 11) is 0. The van der Waals surface area contributed by atoms with Gasteiger partial charge < -0.3 is 75.9 Å². The summed E-state index contributed by atoms with van der Waals surface area (Å²) in [5, 5.41) is 33.5. The van der Waals surface area contributed by atoms with Crippen LogP contribution in [0.2, 0.25) is 0 Å². The fraction of sp³-hybridized carbons (Fsp3) is 0.698. The summed E-state index contributed by atoms with van der Waals surface area (Å²) in [6.07, 6.45) is 3.82. The Morgan fingerprint density at radius 3 is 1.22 bits per heavy atom. The van der Waals surface area contributed by atoms with E-state index in [4.69, 9.17) is 22.9 Å². The van der Waals surface area contributed by atoms with Gasteiger partial charge in [-0.3, -0.25) is 47.9 Å². The first-order valence-corrected chi connectivity index (χ1v) is 27.1. The highest BCUT2D eigenvalue weighted by molar-refractivity contribution is 5.98. The molecule has 0 aliphatic heterocycles. The number of benzene rings is 1. The number of hydrogen-bond donors (Lipinski definition) is 14. The van der Waals surface area contributed by atoms with Crippen LogP contribution < -0.4 is 70.8 Å². The summed E-state index contributed by atoms with van der Waals surface area (Å²) < 4.78 is 0. The van der Waals surface area contributed by atoms with Gasteiger partial charge in [0.25, 0.3) is 0 Å². The molecule has 0 fully saturated rings. The van der Waals surface area contributed by atoms with Crippen molar-refractivity contribution in [3.63, 3.8) is 0 Å². The van der Waals surface area contributed by atoms with Gasteiger partial charge in [-0.25, -0.2) is 0 Å². The van der Waals surface area contributed by atoms with Crippen molar-refractivity contribution >= 4 is 59.1 Å². The van der Waals surface area contributed by atoms with Crippen molar-refractivity contribution in [2.24, 2.45) is 46.6 Å². The Kier molecular flexibility index (Phi) is 32.8. The molecule has 0 unspecified atom stereocenters. The first-order chi connectivity index (χ1) is 36.3. The van der Waals surface area contributed by atoms with Gasteiger partial charge in [-0.1, -0.05) is 112 Å². The fourth-order valence-electron chi connectivity index (χ4n) is 8.15. The van der Waals surface area contributed by atoms with Gasteiger partial charge in [0.05, 0.1) is 6.61 Å². The molecule has 1 aromatic rings. The van der Waals surface area contributed by atoms with Crippen LogP contribution in [0.15, 0.2) is 30.3 Å². The maximum Gasteiger partial charge on any atom is 0.243 e. The van der Waals surface area contributed by atoms with Gasteiger partial charge in [0.15, 0.2) is 0 Å². The molecule has 9 atom stereocenters. The van der Waals surface area contributed by atoms with E-state index >= 15 is 0 Å². The van der Waals surface area contributed by atoms with Crippen LogP contribution in [-0.4, -0.2) is 145 Å². The van der Waals surface area contributed by atoms with Crippen molar-refractivity contribution in [2.75, 3.05) is 26.2 Å². The van der Waals surface area contributed by atoms with Gasteiger partial charge in [0, 0.05) is 12.8 Å². The van der Waals surface area contributed by atoms with Gasteiger partial charge in [-0.2, -0.15) is 0 Å². The van der Waals surface area contributed by atoms with Crippen molar-refractivity contribution in [1.82, 2.24) is 47.9 Å². The second kappa shape index (κ2) is 36.7. The van der Waals surface area contributed by atoms with Crippen LogP contribution in [0.5, 0.6) is 0 Å². The van der Waals surface area contributed by atoms with E-state index in [9.17, 15) is 53.1 Å². The van der Waals surface area contributed by atoms with E-state index in [2.05, 4.69) is 54.8 Å². The summed E-state index contributed by atoms with van der Waals surface area (Å²) in [6, 6.07) is -2.45. The maximum absolute atomic E-state index is 14.4. The molecule has 0 bridgehead atoms. The van der Waals surface area contributed by atoms with Crippen LogP contribution in [0.25, 0.3) is 0 Å². The number of amides is 10. The first-order valence-electron chi connectivity index (χ1n) is 27.1. The summed E-state index contributed by atoms with van der Waals surface area (Å²) in [5.74, 6) is -8.61. The van der Waals surface area contributed by atoms with Crippen LogP contribution in [0.1, 0.15) is 132 Å². The molecule has 18 N–H and O–H groups in total. The first kappa shape index (κ1) is 68.8. The van der Waals surface area contributed by atoms with Crippen LogP contribution in [0, 0.1) is 23.7 Å². The molecule has 436 valence electrons. The molecule has 24 nitrogen and oxygen atoms in total. The van der Waals surface area contributed by atoms with Gasteiger partial charge in [-0.05, 0) is 87.4 Å². The Morgan fingerprint density at radius 1 is 0.455 bits per heavy atom. The standard InChI is InChI=1S/C53H93N13O11/c1-10-11-12-16-19-42(68)58-35(20-23-54)47(71)65-43(32(6)7)52(76)60-36(21-24-55)46(70)62-40(28-34-17-14-13-15-18-34)51(75)61-38(26-30(2)3)49(73)59-37(22-25-56)48(72)66-44(33(8)9)53(77)63-39(27-31(4)5)50(74)64-41(29-67)45(57)69/h13-15,17-18,30-33,35-41,43-44,67H,10-12,16,19-29,54-56H2,1-9H3,(H2,57,69)(H,58,68)(H,59,73)(H,60,76)(H,61,75)(H,62,70)(H,63,77)(H,64,74)(H,65,71)(H,66,72)/t35-,36-,37-,38-,39-,40+,41-,43-,44+/m0/s1. The zero-order valence-electron chi connectivity index (χ0n) is 46.8. The van der Waals surface area contributed by atoms with E-state index in [0.29, 0.717) is 12.0 Å². The van der Waals surface area contributed by atoms with E-state index in [1.165, 1.54) is 0 Å². The predicted molar refractivity (Wildman–Crippen MR) is 292 cm³/mol. The lowest BCUT2D eigenvalue weighted by Gasteiger charge is -2.30. The molecular formula is C53H93N13O11. The normalized spacial score (nSPS) is 14.9. The number of unbranched alkanes of at least 4 members (excludes halogenated alkanes) is 3.